The number of carboxylic acid groups (broad SMARTS) is 1. The van der Waals surface area contributed by atoms with Gasteiger partial charge in [-0.05, 0) is 26.9 Å². The molecule has 0 saturated carbocycles. The van der Waals surface area contributed by atoms with E-state index in [2.05, 4.69) is 15.5 Å². The lowest BCUT2D eigenvalue weighted by molar-refractivity contribution is -0.137. The first-order chi connectivity index (χ1) is 8.75. The smallest absolute Gasteiger partial charge is 0.325 e. The van der Waals surface area contributed by atoms with E-state index >= 15 is 0 Å². The molecule has 0 amide bonds. The summed E-state index contributed by atoms with van der Waals surface area (Å²) in [6.07, 6.45) is 0. The number of aliphatic carboxylic acids is 1. The standard InChI is InChI=1S/C11H8N4O2S/c16-10(17)4-15-11(12-13-14-15)9-6-18-5-7-2-1-3-8(7)9/h1-3,5-6H,4H2,(H,16,17). The molecule has 1 aliphatic carbocycles. The van der Waals surface area contributed by atoms with Gasteiger partial charge < -0.3 is 5.11 Å². The van der Waals surface area contributed by atoms with E-state index in [-0.39, 0.29) is 6.54 Å². The topological polar surface area (TPSA) is 80.9 Å². The Hall–Kier alpha value is -2.28. The average molecular weight is 260 g/mol. The summed E-state index contributed by atoms with van der Waals surface area (Å²) in [6.45, 7) is -0.246. The Balaban J connectivity index is 2.13. The maximum absolute atomic E-state index is 10.8. The van der Waals surface area contributed by atoms with Crippen molar-refractivity contribution >= 4 is 17.3 Å². The third kappa shape index (κ3) is 1.74. The molecule has 1 aromatic rings. The number of tetrazole rings is 1. The van der Waals surface area contributed by atoms with E-state index in [9.17, 15) is 4.79 Å². The monoisotopic (exact) mass is 260 g/mol. The van der Waals surface area contributed by atoms with Gasteiger partial charge in [0.2, 0.25) is 0 Å². The van der Waals surface area contributed by atoms with E-state index in [1.54, 1.807) is 0 Å². The fraction of sp³-hybridized carbons (Fsp3) is 0.0909. The Labute approximate surface area is 106 Å². The Kier molecular flexibility index (Phi) is 2.52. The van der Waals surface area contributed by atoms with Crippen molar-refractivity contribution in [3.63, 3.8) is 0 Å². The van der Waals surface area contributed by atoms with Crippen LogP contribution in [0.3, 0.4) is 0 Å². The van der Waals surface area contributed by atoms with E-state index < -0.39 is 5.97 Å². The minimum Gasteiger partial charge on any atom is -0.480 e. The highest BCUT2D eigenvalue weighted by atomic mass is 32.1. The minimum atomic E-state index is -0.970. The number of hydrogen-bond donors (Lipinski definition) is 1. The Bertz CT molecular complexity index is 675. The van der Waals surface area contributed by atoms with Crippen molar-refractivity contribution in [3.8, 4) is 22.5 Å². The molecule has 0 atom stereocenters. The van der Waals surface area contributed by atoms with Gasteiger partial charge in [0.1, 0.15) is 6.54 Å². The van der Waals surface area contributed by atoms with Gasteiger partial charge in [-0.2, -0.15) is 11.3 Å². The number of carboxylic acids is 1. The first-order valence-corrected chi connectivity index (χ1v) is 6.13. The van der Waals surface area contributed by atoms with Crippen LogP contribution in [0.15, 0.2) is 29.0 Å². The van der Waals surface area contributed by atoms with Crippen LogP contribution in [-0.4, -0.2) is 31.3 Å². The van der Waals surface area contributed by atoms with Gasteiger partial charge in [0.05, 0.1) is 0 Å². The molecule has 0 unspecified atom stereocenters. The highest BCUT2D eigenvalue weighted by molar-refractivity contribution is 7.08. The second-order valence-corrected chi connectivity index (χ2v) is 4.48. The largest absolute Gasteiger partial charge is 0.480 e. The second kappa shape index (κ2) is 4.19. The molecule has 0 saturated heterocycles. The molecule has 2 heterocycles. The molecule has 90 valence electrons. The average Bonchev–Trinajstić information content (AvgIpc) is 2.95. The molecule has 1 aromatic heterocycles. The van der Waals surface area contributed by atoms with Crippen LogP contribution in [-0.2, 0) is 11.3 Å². The summed E-state index contributed by atoms with van der Waals surface area (Å²) >= 11 is 1.53. The van der Waals surface area contributed by atoms with E-state index in [0.717, 1.165) is 16.7 Å². The SMILES string of the molecule is O=C(O)Cn1nnnc1-c1cscc2cccc1-2. The summed E-state index contributed by atoms with van der Waals surface area (Å²) in [6, 6.07) is 5.92. The highest BCUT2D eigenvalue weighted by Gasteiger charge is 2.17. The van der Waals surface area contributed by atoms with Crippen molar-refractivity contribution in [1.29, 1.82) is 0 Å². The summed E-state index contributed by atoms with van der Waals surface area (Å²) < 4.78 is 1.29. The van der Waals surface area contributed by atoms with Gasteiger partial charge in [-0.1, -0.05) is 18.2 Å². The lowest BCUT2D eigenvalue weighted by atomic mass is 10.1. The quantitative estimate of drug-likeness (QED) is 0.773. The van der Waals surface area contributed by atoms with Crippen molar-refractivity contribution in [2.45, 2.75) is 6.54 Å². The molecular formula is C11H8N4O2S. The van der Waals surface area contributed by atoms with Crippen LogP contribution in [0, 0.1) is 0 Å². The third-order valence-corrected chi connectivity index (χ3v) is 3.34. The maximum Gasteiger partial charge on any atom is 0.325 e. The lowest BCUT2D eigenvalue weighted by Gasteiger charge is -2.06. The van der Waals surface area contributed by atoms with Gasteiger partial charge in [0.25, 0.3) is 0 Å². The molecule has 1 aliphatic heterocycles. The Morgan fingerprint density at radius 3 is 3.06 bits per heavy atom. The molecule has 0 radical (unpaired) electrons. The molecular weight excluding hydrogens is 252 g/mol. The number of carbonyl (C=O) groups is 1. The Morgan fingerprint density at radius 1 is 1.33 bits per heavy atom. The van der Waals surface area contributed by atoms with Crippen LogP contribution < -0.4 is 0 Å². The number of aromatic nitrogens is 4. The van der Waals surface area contributed by atoms with Gasteiger partial charge in [0, 0.05) is 10.9 Å². The normalized spacial score (nSPS) is 10.9. The van der Waals surface area contributed by atoms with Gasteiger partial charge in [-0.3, -0.25) is 4.79 Å². The molecule has 6 nitrogen and oxygen atoms in total. The summed E-state index contributed by atoms with van der Waals surface area (Å²) in [7, 11) is 0. The van der Waals surface area contributed by atoms with Crippen molar-refractivity contribution < 1.29 is 9.90 Å². The van der Waals surface area contributed by atoms with Crippen molar-refractivity contribution in [2.24, 2.45) is 0 Å². The fourth-order valence-corrected chi connectivity index (χ4v) is 2.61. The van der Waals surface area contributed by atoms with Crippen LogP contribution in [0.5, 0.6) is 0 Å². The first kappa shape index (κ1) is 10.8. The molecule has 18 heavy (non-hydrogen) atoms. The predicted molar refractivity (Wildman–Crippen MR) is 65.4 cm³/mol. The molecule has 7 heteroatoms. The van der Waals surface area contributed by atoms with Crippen LogP contribution in [0.4, 0.5) is 0 Å². The molecule has 2 aliphatic rings. The summed E-state index contributed by atoms with van der Waals surface area (Å²) in [5.74, 6) is -0.493. The molecule has 0 fully saturated rings. The number of fused-ring (bicyclic) bond motifs is 1. The molecule has 3 rings (SSSR count). The van der Waals surface area contributed by atoms with Gasteiger partial charge in [0.15, 0.2) is 5.82 Å². The number of hydrogen-bond acceptors (Lipinski definition) is 5. The predicted octanol–water partition coefficient (Wildman–Crippen LogP) is 1.59. The van der Waals surface area contributed by atoms with Crippen molar-refractivity contribution in [2.75, 3.05) is 0 Å². The van der Waals surface area contributed by atoms with Crippen LogP contribution in [0.25, 0.3) is 22.5 Å². The fourth-order valence-electron chi connectivity index (χ4n) is 1.83. The van der Waals surface area contributed by atoms with E-state index in [4.69, 9.17) is 5.11 Å². The number of nitrogens with zero attached hydrogens (tertiary/aromatic N) is 4. The molecule has 1 N–H and O–H groups in total. The maximum atomic E-state index is 10.8. The van der Waals surface area contributed by atoms with E-state index in [0.29, 0.717) is 5.82 Å². The summed E-state index contributed by atoms with van der Waals surface area (Å²) in [4.78, 5) is 10.8. The van der Waals surface area contributed by atoms with E-state index in [1.807, 2.05) is 29.0 Å². The third-order valence-electron chi connectivity index (χ3n) is 2.58. The second-order valence-electron chi connectivity index (χ2n) is 3.73. The van der Waals surface area contributed by atoms with Crippen molar-refractivity contribution in [3.05, 3.63) is 29.0 Å². The lowest BCUT2D eigenvalue weighted by Crippen LogP contribution is -2.11. The van der Waals surface area contributed by atoms with Crippen LogP contribution in [0.2, 0.25) is 0 Å². The summed E-state index contributed by atoms with van der Waals surface area (Å²) in [5.41, 5.74) is 2.98. The van der Waals surface area contributed by atoms with E-state index in [1.165, 1.54) is 16.0 Å². The van der Waals surface area contributed by atoms with Gasteiger partial charge >= 0.3 is 5.97 Å². The zero-order valence-corrected chi connectivity index (χ0v) is 9.96. The molecule has 0 bridgehead atoms. The van der Waals surface area contributed by atoms with Gasteiger partial charge in [-0.15, -0.1) is 5.10 Å². The van der Waals surface area contributed by atoms with Gasteiger partial charge in [-0.25, -0.2) is 4.68 Å². The number of rotatable bonds is 3. The zero-order chi connectivity index (χ0) is 12.5. The minimum absolute atomic E-state index is 0.246. The van der Waals surface area contributed by atoms with Crippen LogP contribution in [0.1, 0.15) is 0 Å². The Morgan fingerprint density at radius 2 is 2.22 bits per heavy atom. The highest BCUT2D eigenvalue weighted by Crippen LogP contribution is 2.34. The molecule has 0 aromatic carbocycles. The zero-order valence-electron chi connectivity index (χ0n) is 9.15. The first-order valence-electron chi connectivity index (χ1n) is 5.19. The summed E-state index contributed by atoms with van der Waals surface area (Å²) in [5, 5.41) is 23.9. The van der Waals surface area contributed by atoms with Crippen molar-refractivity contribution in [1.82, 2.24) is 20.2 Å². The van der Waals surface area contributed by atoms with Crippen LogP contribution >= 0.6 is 11.3 Å². The molecule has 0 spiro atoms.